The summed E-state index contributed by atoms with van der Waals surface area (Å²) in [4.78, 5) is 26.0. The number of nitrogens with zero attached hydrogens (tertiary/aromatic N) is 3. The molecule has 9 heteroatoms. The summed E-state index contributed by atoms with van der Waals surface area (Å²) in [7, 11) is 1.73. The monoisotopic (exact) mass is 378 g/mol. The van der Waals surface area contributed by atoms with Crippen molar-refractivity contribution in [1.82, 2.24) is 20.0 Å². The average molecular weight is 378 g/mol. The number of phenolic OH excluding ortho intramolecular Hbond substituents is 1. The molecule has 2 aromatic rings. The van der Waals surface area contributed by atoms with Crippen molar-refractivity contribution in [2.24, 2.45) is 13.0 Å². The number of carbonyl (C=O) groups excluding carboxylic acids is 2. The van der Waals surface area contributed by atoms with E-state index in [1.54, 1.807) is 17.9 Å². The van der Waals surface area contributed by atoms with Gasteiger partial charge in [-0.2, -0.15) is 5.10 Å². The molecule has 27 heavy (non-hydrogen) atoms. The van der Waals surface area contributed by atoms with Crippen molar-refractivity contribution in [3.8, 4) is 5.75 Å². The van der Waals surface area contributed by atoms with Gasteiger partial charge in [0, 0.05) is 38.4 Å². The number of halogens is 2. The number of aryl methyl sites for hydroxylation is 1. The molecule has 0 unspecified atom stereocenters. The van der Waals surface area contributed by atoms with E-state index in [0.29, 0.717) is 38.0 Å². The molecule has 3 rings (SSSR count). The third kappa shape index (κ3) is 4.24. The Balaban J connectivity index is 1.51. The molecule has 1 aromatic heterocycles. The van der Waals surface area contributed by atoms with Crippen molar-refractivity contribution in [2.45, 2.75) is 12.8 Å². The lowest BCUT2D eigenvalue weighted by Gasteiger charge is -2.32. The Hall–Kier alpha value is -2.97. The molecule has 0 aliphatic carbocycles. The van der Waals surface area contributed by atoms with Crippen LogP contribution in [0.25, 0.3) is 0 Å². The van der Waals surface area contributed by atoms with Gasteiger partial charge >= 0.3 is 0 Å². The first-order valence-electron chi connectivity index (χ1n) is 8.59. The SMILES string of the molecule is Cn1cc(C(=O)NCC2CCN(C(=O)c3cc(F)c(O)c(F)c3)CC2)cn1. The molecule has 0 bridgehead atoms. The van der Waals surface area contributed by atoms with Gasteiger partial charge in [0.15, 0.2) is 17.4 Å². The summed E-state index contributed by atoms with van der Waals surface area (Å²) in [5, 5.41) is 15.9. The number of rotatable bonds is 4. The van der Waals surface area contributed by atoms with Crippen LogP contribution in [-0.2, 0) is 7.05 Å². The second-order valence-corrected chi connectivity index (χ2v) is 6.64. The maximum absolute atomic E-state index is 13.4. The summed E-state index contributed by atoms with van der Waals surface area (Å²) in [5.74, 6) is -3.88. The molecule has 0 saturated carbocycles. The van der Waals surface area contributed by atoms with Gasteiger partial charge < -0.3 is 15.3 Å². The minimum absolute atomic E-state index is 0.133. The quantitative estimate of drug-likeness (QED) is 0.848. The highest BCUT2D eigenvalue weighted by atomic mass is 19.1. The van der Waals surface area contributed by atoms with Gasteiger partial charge in [-0.15, -0.1) is 0 Å². The van der Waals surface area contributed by atoms with Gasteiger partial charge in [-0.05, 0) is 30.9 Å². The molecular weight excluding hydrogens is 358 g/mol. The highest BCUT2D eigenvalue weighted by Gasteiger charge is 2.25. The smallest absolute Gasteiger partial charge is 0.254 e. The second kappa shape index (κ2) is 7.73. The van der Waals surface area contributed by atoms with E-state index >= 15 is 0 Å². The van der Waals surface area contributed by atoms with Crippen LogP contribution in [0.5, 0.6) is 5.75 Å². The second-order valence-electron chi connectivity index (χ2n) is 6.64. The lowest BCUT2D eigenvalue weighted by Crippen LogP contribution is -2.41. The Morgan fingerprint density at radius 2 is 1.85 bits per heavy atom. The fourth-order valence-electron chi connectivity index (χ4n) is 3.09. The minimum atomic E-state index is -1.16. The third-order valence-electron chi connectivity index (χ3n) is 4.68. The van der Waals surface area contributed by atoms with E-state index < -0.39 is 23.3 Å². The molecule has 0 radical (unpaired) electrons. The Morgan fingerprint density at radius 3 is 2.41 bits per heavy atom. The predicted octanol–water partition coefficient (Wildman–Crippen LogP) is 1.69. The third-order valence-corrected chi connectivity index (χ3v) is 4.68. The maximum atomic E-state index is 13.4. The largest absolute Gasteiger partial charge is 0.503 e. The molecule has 7 nitrogen and oxygen atoms in total. The molecule has 1 aromatic carbocycles. The van der Waals surface area contributed by atoms with Gasteiger partial charge in [-0.3, -0.25) is 14.3 Å². The van der Waals surface area contributed by atoms with Crippen LogP contribution in [0.15, 0.2) is 24.5 Å². The summed E-state index contributed by atoms with van der Waals surface area (Å²) in [6.07, 6.45) is 4.46. The molecule has 2 heterocycles. The van der Waals surface area contributed by atoms with Gasteiger partial charge in [0.2, 0.25) is 0 Å². The minimum Gasteiger partial charge on any atom is -0.503 e. The highest BCUT2D eigenvalue weighted by Crippen LogP contribution is 2.24. The van der Waals surface area contributed by atoms with E-state index in [1.165, 1.54) is 11.1 Å². The van der Waals surface area contributed by atoms with Crippen LogP contribution in [-0.4, -0.2) is 51.2 Å². The summed E-state index contributed by atoms with van der Waals surface area (Å²) in [5.41, 5.74) is 0.354. The van der Waals surface area contributed by atoms with E-state index in [2.05, 4.69) is 10.4 Å². The topological polar surface area (TPSA) is 87.5 Å². The average Bonchev–Trinajstić information content (AvgIpc) is 3.10. The molecule has 0 atom stereocenters. The van der Waals surface area contributed by atoms with Crippen molar-refractivity contribution in [2.75, 3.05) is 19.6 Å². The van der Waals surface area contributed by atoms with Crippen LogP contribution < -0.4 is 5.32 Å². The first-order valence-corrected chi connectivity index (χ1v) is 8.59. The van der Waals surface area contributed by atoms with Crippen molar-refractivity contribution >= 4 is 11.8 Å². The van der Waals surface area contributed by atoms with E-state index in [1.807, 2.05) is 0 Å². The van der Waals surface area contributed by atoms with Gasteiger partial charge in [0.1, 0.15) is 0 Å². The standard InChI is InChI=1S/C18H20F2N4O3/c1-23-10-13(9-22-23)17(26)21-8-11-2-4-24(5-3-11)18(27)12-6-14(19)16(25)15(20)7-12/h6-7,9-11,25H,2-5,8H2,1H3,(H,21,26). The number of carbonyl (C=O) groups is 2. The van der Waals surface area contributed by atoms with Crippen molar-refractivity contribution in [3.63, 3.8) is 0 Å². The molecule has 144 valence electrons. The first-order chi connectivity index (χ1) is 12.8. The van der Waals surface area contributed by atoms with Gasteiger partial charge in [-0.1, -0.05) is 0 Å². The van der Waals surface area contributed by atoms with Crippen molar-refractivity contribution in [3.05, 3.63) is 47.3 Å². The zero-order chi connectivity index (χ0) is 19.6. The van der Waals surface area contributed by atoms with Gasteiger partial charge in [0.25, 0.3) is 11.8 Å². The van der Waals surface area contributed by atoms with E-state index in [-0.39, 0.29) is 17.4 Å². The number of nitrogens with one attached hydrogen (secondary N) is 1. The normalized spacial score (nSPS) is 15.0. The molecule has 2 N–H and O–H groups in total. The fraction of sp³-hybridized carbons (Fsp3) is 0.389. The maximum Gasteiger partial charge on any atom is 0.254 e. The van der Waals surface area contributed by atoms with Crippen LogP contribution >= 0.6 is 0 Å². The number of hydrogen-bond acceptors (Lipinski definition) is 4. The Labute approximate surface area is 154 Å². The summed E-state index contributed by atoms with van der Waals surface area (Å²) in [6, 6.07) is 1.67. The molecule has 2 amide bonds. The number of amides is 2. The molecule has 1 aliphatic rings. The Morgan fingerprint density at radius 1 is 1.22 bits per heavy atom. The van der Waals surface area contributed by atoms with E-state index in [9.17, 15) is 18.4 Å². The predicted molar refractivity (Wildman–Crippen MR) is 92.2 cm³/mol. The number of piperidine rings is 1. The fourth-order valence-corrected chi connectivity index (χ4v) is 3.09. The molecule has 1 aliphatic heterocycles. The van der Waals surface area contributed by atoms with Crippen LogP contribution in [0.1, 0.15) is 33.6 Å². The van der Waals surface area contributed by atoms with Crippen LogP contribution in [0, 0.1) is 17.6 Å². The number of benzene rings is 1. The van der Waals surface area contributed by atoms with Crippen molar-refractivity contribution in [1.29, 1.82) is 0 Å². The first kappa shape index (κ1) is 18.8. The summed E-state index contributed by atoms with van der Waals surface area (Å²) in [6.45, 7) is 1.34. The summed E-state index contributed by atoms with van der Waals surface area (Å²) >= 11 is 0. The number of likely N-dealkylation sites (tertiary alicyclic amines) is 1. The highest BCUT2D eigenvalue weighted by molar-refractivity contribution is 5.94. The van der Waals surface area contributed by atoms with E-state index in [0.717, 1.165) is 12.1 Å². The number of phenols is 1. The van der Waals surface area contributed by atoms with Crippen LogP contribution in [0.2, 0.25) is 0 Å². The lowest BCUT2D eigenvalue weighted by atomic mass is 9.96. The zero-order valence-electron chi connectivity index (χ0n) is 14.8. The van der Waals surface area contributed by atoms with Crippen LogP contribution in [0.4, 0.5) is 8.78 Å². The van der Waals surface area contributed by atoms with Gasteiger partial charge in [0.05, 0.1) is 11.8 Å². The molecule has 1 saturated heterocycles. The zero-order valence-corrected chi connectivity index (χ0v) is 14.8. The molecule has 1 fully saturated rings. The Kier molecular flexibility index (Phi) is 5.38. The number of aromatic nitrogens is 2. The molecule has 0 spiro atoms. The number of hydrogen-bond donors (Lipinski definition) is 2. The summed E-state index contributed by atoms with van der Waals surface area (Å²) < 4.78 is 28.4. The van der Waals surface area contributed by atoms with Crippen molar-refractivity contribution < 1.29 is 23.5 Å². The van der Waals surface area contributed by atoms with Crippen LogP contribution in [0.3, 0.4) is 0 Å². The Bertz CT molecular complexity index is 837. The van der Waals surface area contributed by atoms with Gasteiger partial charge in [-0.25, -0.2) is 8.78 Å². The number of aromatic hydroxyl groups is 1. The molecular formula is C18H20F2N4O3. The lowest BCUT2D eigenvalue weighted by molar-refractivity contribution is 0.0683. The van der Waals surface area contributed by atoms with E-state index in [4.69, 9.17) is 5.11 Å².